The molecule has 2 aromatic carbocycles. The molecule has 0 radical (unpaired) electrons. The van der Waals surface area contributed by atoms with Crippen LogP contribution in [0.4, 0.5) is 5.82 Å². The largest absolute Gasteiger partial charge is 0.494 e. The van der Waals surface area contributed by atoms with Crippen molar-refractivity contribution < 1.29 is 19.4 Å². The highest BCUT2D eigenvalue weighted by molar-refractivity contribution is 6.34. The minimum atomic E-state index is -1.09. The Bertz CT molecular complexity index is 1770. The summed E-state index contributed by atoms with van der Waals surface area (Å²) in [6, 6.07) is 10.6. The molecular weight excluding hydrogens is 587 g/mol. The second-order valence-corrected chi connectivity index (χ2v) is 11.6. The van der Waals surface area contributed by atoms with Crippen molar-refractivity contribution >= 4 is 46.5 Å². The number of amides is 1. The van der Waals surface area contributed by atoms with Gasteiger partial charge in [0.25, 0.3) is 5.91 Å². The minimum absolute atomic E-state index is 0.0405. The highest BCUT2D eigenvalue weighted by atomic mass is 35.5. The van der Waals surface area contributed by atoms with Gasteiger partial charge in [-0.15, -0.1) is 0 Å². The van der Waals surface area contributed by atoms with E-state index in [1.54, 1.807) is 0 Å². The number of aryl methyl sites for hydroxylation is 4. The van der Waals surface area contributed by atoms with E-state index in [1.165, 1.54) is 18.3 Å². The molecule has 2 heterocycles. The number of pyridine rings is 1. The van der Waals surface area contributed by atoms with E-state index in [0.29, 0.717) is 36.5 Å². The van der Waals surface area contributed by atoms with Gasteiger partial charge in [-0.1, -0.05) is 29.3 Å². The molecule has 0 spiro atoms. The Kier molecular flexibility index (Phi) is 8.62. The lowest BCUT2D eigenvalue weighted by molar-refractivity contribution is -0.112. The lowest BCUT2D eigenvalue weighted by Crippen LogP contribution is -2.16. The van der Waals surface area contributed by atoms with Crippen LogP contribution < -0.4 is 10.1 Å². The number of nitrogens with zero attached hydrogens (tertiary/aromatic N) is 3. The van der Waals surface area contributed by atoms with E-state index in [9.17, 15) is 14.7 Å². The lowest BCUT2D eigenvalue weighted by Gasteiger charge is -2.14. The zero-order valence-electron chi connectivity index (χ0n) is 24.6. The molecule has 0 fully saturated rings. The third kappa shape index (κ3) is 6.03. The van der Waals surface area contributed by atoms with Crippen LogP contribution in [-0.4, -0.2) is 38.4 Å². The van der Waals surface area contributed by atoms with Crippen molar-refractivity contribution in [2.45, 2.75) is 47.0 Å². The van der Waals surface area contributed by atoms with Gasteiger partial charge in [-0.05, 0) is 98.7 Å². The first-order valence-electron chi connectivity index (χ1n) is 13.9. The van der Waals surface area contributed by atoms with Crippen molar-refractivity contribution in [3.63, 3.8) is 0 Å². The zero-order valence-corrected chi connectivity index (χ0v) is 26.2. The zero-order chi connectivity index (χ0) is 31.0. The van der Waals surface area contributed by atoms with E-state index in [0.717, 1.165) is 61.1 Å². The number of carboxylic acid groups (broad SMARTS) is 1. The van der Waals surface area contributed by atoms with Crippen molar-refractivity contribution in [1.82, 2.24) is 14.8 Å². The number of carbonyl (C=O) groups is 2. The second-order valence-electron chi connectivity index (χ2n) is 10.8. The van der Waals surface area contributed by atoms with Gasteiger partial charge in [0.2, 0.25) is 0 Å². The molecule has 1 aliphatic rings. The van der Waals surface area contributed by atoms with E-state index in [1.807, 2.05) is 63.7 Å². The van der Waals surface area contributed by atoms with Crippen molar-refractivity contribution in [1.29, 1.82) is 0 Å². The Balaban J connectivity index is 1.46. The number of fused-ring (bicyclic) bond motifs is 1. The summed E-state index contributed by atoms with van der Waals surface area (Å²) in [5.41, 5.74) is 9.12. The van der Waals surface area contributed by atoms with Crippen LogP contribution in [0.25, 0.3) is 16.7 Å². The van der Waals surface area contributed by atoms with Crippen LogP contribution in [0, 0.1) is 27.7 Å². The number of hydrogen-bond donors (Lipinski definition) is 2. The van der Waals surface area contributed by atoms with E-state index < -0.39 is 5.97 Å². The van der Waals surface area contributed by atoms with Gasteiger partial charge in [0.15, 0.2) is 0 Å². The normalized spacial score (nSPS) is 12.4. The maximum atomic E-state index is 13.7. The van der Waals surface area contributed by atoms with E-state index in [2.05, 4.69) is 15.4 Å². The quantitative estimate of drug-likeness (QED) is 0.188. The van der Waals surface area contributed by atoms with Crippen LogP contribution >= 0.6 is 23.2 Å². The van der Waals surface area contributed by atoms with Gasteiger partial charge in [0.05, 0.1) is 17.9 Å². The monoisotopic (exact) mass is 618 g/mol. The highest BCUT2D eigenvalue weighted by Gasteiger charge is 2.31. The first-order chi connectivity index (χ1) is 20.5. The van der Waals surface area contributed by atoms with E-state index in [4.69, 9.17) is 27.9 Å². The molecule has 2 aromatic heterocycles. The smallest absolute Gasteiger partial charge is 0.337 e. The van der Waals surface area contributed by atoms with Gasteiger partial charge in [-0.2, -0.15) is 5.10 Å². The van der Waals surface area contributed by atoms with Crippen molar-refractivity contribution in [2.24, 2.45) is 7.05 Å². The molecule has 0 aliphatic heterocycles. The average molecular weight is 620 g/mol. The number of carboxylic acids is 1. The summed E-state index contributed by atoms with van der Waals surface area (Å²) in [4.78, 5) is 29.1. The number of aromatic nitrogens is 3. The molecule has 0 saturated carbocycles. The van der Waals surface area contributed by atoms with Gasteiger partial charge in [-0.25, -0.2) is 9.78 Å². The summed E-state index contributed by atoms with van der Waals surface area (Å²) in [5, 5.41) is 18.0. The first kappa shape index (κ1) is 30.3. The molecule has 5 rings (SSSR count). The van der Waals surface area contributed by atoms with Gasteiger partial charge < -0.3 is 15.2 Å². The number of anilines is 1. The van der Waals surface area contributed by atoms with Crippen LogP contribution in [0.3, 0.4) is 0 Å². The number of benzene rings is 2. The number of allylic oxidation sites excluding steroid dienone is 1. The molecule has 0 saturated heterocycles. The fourth-order valence-electron chi connectivity index (χ4n) is 5.65. The summed E-state index contributed by atoms with van der Waals surface area (Å²) < 4.78 is 7.90. The summed E-state index contributed by atoms with van der Waals surface area (Å²) >= 11 is 13.1. The third-order valence-electron chi connectivity index (χ3n) is 7.84. The van der Waals surface area contributed by atoms with Gasteiger partial charge in [0, 0.05) is 52.1 Å². The van der Waals surface area contributed by atoms with Crippen molar-refractivity contribution in [3.05, 3.63) is 97.4 Å². The molecule has 2 N–H and O–H groups in total. The highest BCUT2D eigenvalue weighted by Crippen LogP contribution is 2.45. The summed E-state index contributed by atoms with van der Waals surface area (Å²) in [6.45, 7) is 8.32. The Morgan fingerprint density at radius 2 is 1.77 bits per heavy atom. The predicted molar refractivity (Wildman–Crippen MR) is 169 cm³/mol. The van der Waals surface area contributed by atoms with Gasteiger partial charge in [-0.3, -0.25) is 9.48 Å². The van der Waals surface area contributed by atoms with Crippen LogP contribution in [0.1, 0.15) is 56.8 Å². The maximum absolute atomic E-state index is 13.7. The Morgan fingerprint density at radius 3 is 2.37 bits per heavy atom. The molecule has 1 aliphatic carbocycles. The average Bonchev–Trinajstić information content (AvgIpc) is 3.45. The maximum Gasteiger partial charge on any atom is 0.337 e. The lowest BCUT2D eigenvalue weighted by atomic mass is 9.93. The molecule has 0 atom stereocenters. The number of carbonyl (C=O) groups excluding carboxylic acids is 1. The van der Waals surface area contributed by atoms with Gasteiger partial charge in [0.1, 0.15) is 11.6 Å². The molecule has 43 heavy (non-hydrogen) atoms. The number of ether oxygens (including phenoxy) is 1. The Labute approximate surface area is 260 Å². The standard InChI is InChI=1S/C33H32Cl2N4O4/c1-17-13-22(14-18(2)31(17)35)43-12-6-7-23-24-9-10-27(34)30(29-19(3)38-39(5)20(29)4)25(24)15-26(23)32(40)37-28-11-8-21(16-36-28)33(41)42/h8-11,13-14,16H,6-7,12,15H2,1-5H3,(H,41,42)(H,36,37,40). The Hall–Kier alpha value is -4.14. The molecule has 1 amide bonds. The first-order valence-corrected chi connectivity index (χ1v) is 14.7. The SMILES string of the molecule is Cc1cc(OCCCC2=C(C(=O)Nc3ccc(C(=O)O)cn3)Cc3c2ccc(Cl)c3-c2c(C)nn(C)c2C)cc(C)c1Cl. The molecule has 8 nitrogen and oxygen atoms in total. The van der Waals surface area contributed by atoms with Crippen molar-refractivity contribution in [3.8, 4) is 16.9 Å². The van der Waals surface area contributed by atoms with E-state index in [-0.39, 0.29) is 17.3 Å². The number of nitrogens with one attached hydrogen (secondary N) is 1. The number of rotatable bonds is 9. The number of halogens is 2. The molecular formula is C33H32Cl2N4O4. The van der Waals surface area contributed by atoms with Crippen LogP contribution in [0.5, 0.6) is 5.75 Å². The predicted octanol–water partition coefficient (Wildman–Crippen LogP) is 7.53. The second kappa shape index (κ2) is 12.2. The summed E-state index contributed by atoms with van der Waals surface area (Å²) in [6.07, 6.45) is 2.86. The molecule has 0 unspecified atom stereocenters. The summed E-state index contributed by atoms with van der Waals surface area (Å²) in [5.74, 6) is -0.357. The van der Waals surface area contributed by atoms with Gasteiger partial charge >= 0.3 is 5.97 Å². The molecule has 0 bridgehead atoms. The van der Waals surface area contributed by atoms with Crippen LogP contribution in [0.15, 0.2) is 48.2 Å². The fraction of sp³-hybridized carbons (Fsp3) is 0.273. The summed E-state index contributed by atoms with van der Waals surface area (Å²) in [7, 11) is 1.90. The van der Waals surface area contributed by atoms with Crippen molar-refractivity contribution in [2.75, 3.05) is 11.9 Å². The minimum Gasteiger partial charge on any atom is -0.494 e. The molecule has 4 aromatic rings. The number of hydrogen-bond acceptors (Lipinski definition) is 5. The topological polar surface area (TPSA) is 106 Å². The van der Waals surface area contributed by atoms with Crippen LogP contribution in [0.2, 0.25) is 10.0 Å². The molecule has 222 valence electrons. The number of aromatic carboxylic acids is 1. The Morgan fingerprint density at radius 1 is 1.05 bits per heavy atom. The van der Waals surface area contributed by atoms with Crippen LogP contribution in [-0.2, 0) is 18.3 Å². The van der Waals surface area contributed by atoms with E-state index >= 15 is 0 Å². The third-order valence-corrected chi connectivity index (χ3v) is 8.75. The molecule has 10 heteroatoms. The fourth-order valence-corrected chi connectivity index (χ4v) is 6.04.